The summed E-state index contributed by atoms with van der Waals surface area (Å²) in [5.41, 5.74) is 7.61. The van der Waals surface area contributed by atoms with Crippen LogP contribution in [-0.2, 0) is 0 Å². The highest BCUT2D eigenvalue weighted by atomic mass is 19.1. The molecule has 4 rings (SSSR count). The van der Waals surface area contributed by atoms with E-state index in [4.69, 9.17) is 5.73 Å². The van der Waals surface area contributed by atoms with Gasteiger partial charge in [-0.1, -0.05) is 6.92 Å². The molecule has 1 saturated carbocycles. The lowest BCUT2D eigenvalue weighted by atomic mass is 9.98. The second kappa shape index (κ2) is 6.23. The van der Waals surface area contributed by atoms with Crippen molar-refractivity contribution in [2.75, 3.05) is 18.0 Å². The summed E-state index contributed by atoms with van der Waals surface area (Å²) in [5.74, 6) is 0.0575. The van der Waals surface area contributed by atoms with Crippen molar-refractivity contribution in [1.29, 1.82) is 0 Å². The molecule has 6 nitrogen and oxygen atoms in total. The number of nitrogens with zero attached hydrogens (tertiary/aromatic N) is 2. The Kier molecular flexibility index (Phi) is 4.14. The lowest BCUT2D eigenvalue weighted by molar-refractivity contribution is 0.447. The molecule has 0 radical (unpaired) electrons. The fraction of sp³-hybridized carbons (Fsp3) is 0.579. The molecule has 1 aliphatic heterocycles. The molecular formula is C19H25FN4O2. The van der Waals surface area contributed by atoms with Crippen molar-refractivity contribution < 1.29 is 4.39 Å². The van der Waals surface area contributed by atoms with E-state index in [1.165, 1.54) is 10.6 Å². The summed E-state index contributed by atoms with van der Waals surface area (Å²) in [7, 11) is 0. The number of pyridine rings is 1. The molecule has 0 amide bonds. The van der Waals surface area contributed by atoms with Crippen LogP contribution in [0.5, 0.6) is 0 Å². The van der Waals surface area contributed by atoms with Gasteiger partial charge in [-0.3, -0.25) is 14.2 Å². The van der Waals surface area contributed by atoms with Gasteiger partial charge in [0.15, 0.2) is 5.82 Å². The predicted octanol–water partition coefficient (Wildman–Crippen LogP) is 1.88. The molecule has 3 heterocycles. The Balaban J connectivity index is 1.88. The third-order valence-corrected chi connectivity index (χ3v) is 5.96. The summed E-state index contributed by atoms with van der Waals surface area (Å²) in [5, 5.41) is 0. The summed E-state index contributed by atoms with van der Waals surface area (Å²) in [6.45, 7) is 5.31. The van der Waals surface area contributed by atoms with Crippen molar-refractivity contribution in [3.8, 4) is 0 Å². The summed E-state index contributed by atoms with van der Waals surface area (Å²) in [6, 6.07) is 0.108. The number of anilines is 1. The minimum absolute atomic E-state index is 0.108. The molecule has 1 aliphatic carbocycles. The highest BCUT2D eigenvalue weighted by Crippen LogP contribution is 2.42. The molecule has 2 aromatic heterocycles. The van der Waals surface area contributed by atoms with Crippen LogP contribution in [0.1, 0.15) is 49.7 Å². The molecule has 0 spiro atoms. The molecule has 2 fully saturated rings. The average molecular weight is 360 g/mol. The van der Waals surface area contributed by atoms with Gasteiger partial charge in [-0.05, 0) is 44.4 Å². The smallest absolute Gasteiger partial charge is 0.333 e. The number of nitrogens with one attached hydrogen (secondary N) is 1. The molecule has 2 aromatic rings. The molecule has 7 heteroatoms. The zero-order chi connectivity index (χ0) is 18.6. The van der Waals surface area contributed by atoms with Gasteiger partial charge in [0.05, 0.1) is 17.4 Å². The fourth-order valence-electron chi connectivity index (χ4n) is 4.35. The summed E-state index contributed by atoms with van der Waals surface area (Å²) >= 11 is 0. The molecule has 0 bridgehead atoms. The second-order valence-corrected chi connectivity index (χ2v) is 7.68. The Hall–Kier alpha value is -2.15. The largest absolute Gasteiger partial charge is 0.368 e. The second-order valence-electron chi connectivity index (χ2n) is 7.68. The zero-order valence-electron chi connectivity index (χ0n) is 15.2. The first-order valence-electron chi connectivity index (χ1n) is 9.40. The van der Waals surface area contributed by atoms with Crippen molar-refractivity contribution in [1.82, 2.24) is 9.38 Å². The SMILES string of the molecule is CCC(N)C1CCN(c2c(F)cn3c(=O)[nH]c(=O)c(C4CC4)c3c2C)C1. The third kappa shape index (κ3) is 2.65. The van der Waals surface area contributed by atoms with Gasteiger partial charge in [0.25, 0.3) is 5.56 Å². The summed E-state index contributed by atoms with van der Waals surface area (Å²) in [4.78, 5) is 29.0. The maximum Gasteiger partial charge on any atom is 0.333 e. The van der Waals surface area contributed by atoms with Gasteiger partial charge in [0.2, 0.25) is 0 Å². The van der Waals surface area contributed by atoms with E-state index in [0.29, 0.717) is 34.8 Å². The predicted molar refractivity (Wildman–Crippen MR) is 99.5 cm³/mol. The highest BCUT2D eigenvalue weighted by molar-refractivity contribution is 5.72. The molecule has 3 N–H and O–H groups in total. The van der Waals surface area contributed by atoms with Crippen molar-refractivity contribution in [2.45, 2.75) is 51.5 Å². The van der Waals surface area contributed by atoms with Gasteiger partial charge in [-0.25, -0.2) is 9.18 Å². The molecule has 0 aromatic carbocycles. The van der Waals surface area contributed by atoms with Gasteiger partial charge in [-0.15, -0.1) is 0 Å². The van der Waals surface area contributed by atoms with Crippen LogP contribution in [0, 0.1) is 18.7 Å². The highest BCUT2D eigenvalue weighted by Gasteiger charge is 2.33. The Morgan fingerprint density at radius 3 is 2.73 bits per heavy atom. The molecular weight excluding hydrogens is 335 g/mol. The quantitative estimate of drug-likeness (QED) is 0.872. The van der Waals surface area contributed by atoms with E-state index in [1.54, 1.807) is 0 Å². The number of hydrogen-bond acceptors (Lipinski definition) is 4. The van der Waals surface area contributed by atoms with Crippen molar-refractivity contribution >= 4 is 11.2 Å². The Morgan fingerprint density at radius 2 is 2.08 bits per heavy atom. The topological polar surface area (TPSA) is 83.6 Å². The molecule has 2 aliphatic rings. The minimum atomic E-state index is -0.588. The van der Waals surface area contributed by atoms with Crippen LogP contribution in [0.25, 0.3) is 5.52 Å². The number of aromatic nitrogens is 2. The molecule has 26 heavy (non-hydrogen) atoms. The fourth-order valence-corrected chi connectivity index (χ4v) is 4.35. The van der Waals surface area contributed by atoms with Crippen LogP contribution < -0.4 is 21.9 Å². The van der Waals surface area contributed by atoms with E-state index in [0.717, 1.165) is 32.2 Å². The Bertz CT molecular complexity index is 976. The number of H-pyrrole nitrogens is 1. The van der Waals surface area contributed by atoms with E-state index in [9.17, 15) is 14.0 Å². The lowest BCUT2D eigenvalue weighted by Crippen LogP contribution is -2.33. The van der Waals surface area contributed by atoms with Gasteiger partial charge < -0.3 is 10.6 Å². The van der Waals surface area contributed by atoms with Crippen LogP contribution in [0.15, 0.2) is 15.8 Å². The van der Waals surface area contributed by atoms with Crippen molar-refractivity contribution in [3.05, 3.63) is 44.0 Å². The maximum atomic E-state index is 14.9. The number of hydrogen-bond donors (Lipinski definition) is 2. The van der Waals surface area contributed by atoms with Gasteiger partial charge in [0.1, 0.15) is 0 Å². The van der Waals surface area contributed by atoms with E-state index in [1.807, 2.05) is 11.8 Å². The Morgan fingerprint density at radius 1 is 1.35 bits per heavy atom. The Labute approximate surface area is 150 Å². The van der Waals surface area contributed by atoms with E-state index in [-0.39, 0.29) is 17.5 Å². The standard InChI is InChI=1S/C19H25FN4O2/c1-3-14(21)12-6-7-23(8-12)16-10(2)17-15(11-4-5-11)18(25)22-19(26)24(17)9-13(16)20/h9,11-12,14H,3-8,21H2,1-2H3,(H,22,25,26). The van der Waals surface area contributed by atoms with E-state index < -0.39 is 11.5 Å². The van der Waals surface area contributed by atoms with Crippen LogP contribution in [0.2, 0.25) is 0 Å². The molecule has 140 valence electrons. The molecule has 1 saturated heterocycles. The maximum absolute atomic E-state index is 14.9. The molecule has 2 atom stereocenters. The number of aromatic amines is 1. The number of rotatable bonds is 4. The van der Waals surface area contributed by atoms with Crippen LogP contribution in [0.4, 0.5) is 10.1 Å². The normalized spacial score (nSPS) is 21.5. The summed E-state index contributed by atoms with van der Waals surface area (Å²) < 4.78 is 16.2. The van der Waals surface area contributed by atoms with E-state index in [2.05, 4.69) is 11.9 Å². The van der Waals surface area contributed by atoms with Crippen LogP contribution >= 0.6 is 0 Å². The van der Waals surface area contributed by atoms with Crippen molar-refractivity contribution in [3.63, 3.8) is 0 Å². The average Bonchev–Trinajstić information content (AvgIpc) is 3.32. The van der Waals surface area contributed by atoms with Gasteiger partial charge in [0, 0.05) is 30.3 Å². The monoisotopic (exact) mass is 360 g/mol. The van der Waals surface area contributed by atoms with Crippen LogP contribution in [0.3, 0.4) is 0 Å². The lowest BCUT2D eigenvalue weighted by Gasteiger charge is -2.24. The van der Waals surface area contributed by atoms with Gasteiger partial charge >= 0.3 is 5.69 Å². The zero-order valence-corrected chi connectivity index (χ0v) is 15.2. The van der Waals surface area contributed by atoms with Crippen molar-refractivity contribution in [2.24, 2.45) is 11.7 Å². The van der Waals surface area contributed by atoms with Crippen LogP contribution in [-0.4, -0.2) is 28.5 Å². The number of aryl methyl sites for hydroxylation is 1. The number of nitrogens with two attached hydrogens (primary N) is 1. The number of fused-ring (bicyclic) bond motifs is 1. The summed E-state index contributed by atoms with van der Waals surface area (Å²) in [6.07, 6.45) is 4.90. The van der Waals surface area contributed by atoms with E-state index >= 15 is 0 Å². The molecule has 2 unspecified atom stereocenters. The first kappa shape index (κ1) is 17.3. The van der Waals surface area contributed by atoms with Gasteiger partial charge in [-0.2, -0.15) is 0 Å². The minimum Gasteiger partial charge on any atom is -0.368 e. The number of halogens is 1. The first-order chi connectivity index (χ1) is 12.4. The first-order valence-corrected chi connectivity index (χ1v) is 9.40. The third-order valence-electron chi connectivity index (χ3n) is 5.96.